The average Bonchev–Trinajstić information content (AvgIpc) is 2.89. The van der Waals surface area contributed by atoms with Crippen molar-refractivity contribution < 1.29 is 14.0 Å². The van der Waals surface area contributed by atoms with Gasteiger partial charge < -0.3 is 9.80 Å². The van der Waals surface area contributed by atoms with Crippen molar-refractivity contribution in [2.45, 2.75) is 25.4 Å². The minimum Gasteiger partial charge on any atom is -0.326 e. The second-order valence-corrected chi connectivity index (χ2v) is 6.24. The fourth-order valence-electron chi connectivity index (χ4n) is 3.60. The van der Waals surface area contributed by atoms with E-state index in [1.807, 2.05) is 30.3 Å². The first-order valence-corrected chi connectivity index (χ1v) is 8.07. The van der Waals surface area contributed by atoms with Crippen LogP contribution in [0.2, 0.25) is 0 Å². The second kappa shape index (κ2) is 5.74. The van der Waals surface area contributed by atoms with Gasteiger partial charge in [0.15, 0.2) is 0 Å². The first-order chi connectivity index (χ1) is 11.6. The summed E-state index contributed by atoms with van der Waals surface area (Å²) in [6.45, 7) is 0.458. The molecule has 1 unspecified atom stereocenters. The number of hydrogen-bond donors (Lipinski definition) is 0. The molecule has 1 atom stereocenters. The maximum atomic E-state index is 13.8. The molecule has 2 aromatic carbocycles. The monoisotopic (exact) mass is 324 g/mol. The molecule has 5 heteroatoms. The van der Waals surface area contributed by atoms with Gasteiger partial charge in [-0.05, 0) is 30.2 Å². The van der Waals surface area contributed by atoms with Gasteiger partial charge in [-0.25, -0.2) is 4.39 Å². The van der Waals surface area contributed by atoms with Crippen molar-refractivity contribution >= 4 is 17.5 Å². The van der Waals surface area contributed by atoms with Crippen LogP contribution in [0.15, 0.2) is 48.5 Å². The lowest BCUT2D eigenvalue weighted by Crippen LogP contribution is -2.38. The molecule has 2 aliphatic rings. The zero-order chi connectivity index (χ0) is 16.7. The van der Waals surface area contributed by atoms with Gasteiger partial charge in [0.1, 0.15) is 12.4 Å². The fraction of sp³-hybridized carbons (Fsp3) is 0.263. The van der Waals surface area contributed by atoms with E-state index in [-0.39, 0.29) is 30.2 Å². The molecule has 2 amide bonds. The van der Waals surface area contributed by atoms with E-state index in [9.17, 15) is 14.0 Å². The van der Waals surface area contributed by atoms with Crippen molar-refractivity contribution in [1.29, 1.82) is 0 Å². The van der Waals surface area contributed by atoms with Crippen LogP contribution in [0.4, 0.5) is 10.1 Å². The summed E-state index contributed by atoms with van der Waals surface area (Å²) in [7, 11) is 0. The third kappa shape index (κ3) is 2.46. The lowest BCUT2D eigenvalue weighted by atomic mass is 10.0. The van der Waals surface area contributed by atoms with Gasteiger partial charge in [-0.1, -0.05) is 30.3 Å². The van der Waals surface area contributed by atoms with Crippen molar-refractivity contribution in [2.75, 3.05) is 11.4 Å². The number of carbonyl (C=O) groups is 2. The third-order valence-corrected chi connectivity index (χ3v) is 4.76. The van der Waals surface area contributed by atoms with Gasteiger partial charge in [0.25, 0.3) is 0 Å². The van der Waals surface area contributed by atoms with Gasteiger partial charge in [0.05, 0.1) is 12.6 Å². The molecule has 0 N–H and O–H groups in total. The summed E-state index contributed by atoms with van der Waals surface area (Å²) < 4.78 is 13.8. The number of halogens is 1. The van der Waals surface area contributed by atoms with E-state index >= 15 is 0 Å². The molecule has 4 nitrogen and oxygen atoms in total. The first-order valence-electron chi connectivity index (χ1n) is 8.07. The van der Waals surface area contributed by atoms with Crippen molar-refractivity contribution in [2.24, 2.45) is 0 Å². The standard InChI is InChI=1S/C19H17FN2O2/c20-14-6-7-16-15(10-14)17-8-9-18(23)22(17)12-19(24)21(16)11-13-4-2-1-3-5-13/h1-7,10,17H,8-9,11-12H2. The maximum Gasteiger partial charge on any atom is 0.246 e. The molecule has 0 saturated carbocycles. The highest BCUT2D eigenvalue weighted by molar-refractivity contribution is 5.99. The molecular weight excluding hydrogens is 307 g/mol. The van der Waals surface area contributed by atoms with E-state index in [1.165, 1.54) is 12.1 Å². The Balaban J connectivity index is 1.80. The van der Waals surface area contributed by atoms with E-state index in [0.29, 0.717) is 25.1 Å². The summed E-state index contributed by atoms with van der Waals surface area (Å²) in [4.78, 5) is 28.2. The lowest BCUT2D eigenvalue weighted by Gasteiger charge is -2.23. The highest BCUT2D eigenvalue weighted by Gasteiger charge is 2.39. The van der Waals surface area contributed by atoms with E-state index in [1.54, 1.807) is 15.9 Å². The van der Waals surface area contributed by atoms with Crippen molar-refractivity contribution in [3.8, 4) is 0 Å². The molecule has 122 valence electrons. The lowest BCUT2D eigenvalue weighted by molar-refractivity contribution is -0.133. The second-order valence-electron chi connectivity index (χ2n) is 6.24. The van der Waals surface area contributed by atoms with Gasteiger partial charge in [-0.3, -0.25) is 9.59 Å². The summed E-state index contributed by atoms with van der Waals surface area (Å²) in [5.74, 6) is -0.517. The average molecular weight is 324 g/mol. The molecule has 0 bridgehead atoms. The minimum absolute atomic E-state index is 0.0369. The van der Waals surface area contributed by atoms with Gasteiger partial charge in [-0.15, -0.1) is 0 Å². The zero-order valence-electron chi connectivity index (χ0n) is 13.1. The zero-order valence-corrected chi connectivity index (χ0v) is 13.1. The molecule has 0 radical (unpaired) electrons. The Bertz CT molecular complexity index is 806. The van der Waals surface area contributed by atoms with Gasteiger partial charge in [0, 0.05) is 17.7 Å². The molecule has 1 saturated heterocycles. The Morgan fingerprint density at radius 3 is 2.62 bits per heavy atom. The van der Waals surface area contributed by atoms with Crippen LogP contribution in [0.3, 0.4) is 0 Å². The quantitative estimate of drug-likeness (QED) is 0.852. The van der Waals surface area contributed by atoms with Crippen LogP contribution in [0.1, 0.15) is 30.0 Å². The number of fused-ring (bicyclic) bond motifs is 3. The predicted octanol–water partition coefficient (Wildman–Crippen LogP) is 3.04. The highest BCUT2D eigenvalue weighted by Crippen LogP contribution is 2.41. The number of amides is 2. The fourth-order valence-corrected chi connectivity index (χ4v) is 3.60. The Kier molecular flexibility index (Phi) is 3.56. The van der Waals surface area contributed by atoms with E-state index in [0.717, 1.165) is 11.1 Å². The van der Waals surface area contributed by atoms with Crippen LogP contribution >= 0.6 is 0 Å². The van der Waals surface area contributed by atoms with Crippen LogP contribution < -0.4 is 4.90 Å². The number of nitrogens with zero attached hydrogens (tertiary/aromatic N) is 2. The maximum absolute atomic E-state index is 13.8. The molecule has 2 aromatic rings. The Morgan fingerprint density at radius 1 is 1.04 bits per heavy atom. The molecular formula is C19H17FN2O2. The Hall–Kier alpha value is -2.69. The summed E-state index contributed by atoms with van der Waals surface area (Å²) in [5, 5.41) is 0. The molecule has 0 spiro atoms. The van der Waals surface area contributed by atoms with Crippen molar-refractivity contribution in [3.05, 3.63) is 65.5 Å². The van der Waals surface area contributed by atoms with Crippen molar-refractivity contribution in [1.82, 2.24) is 4.90 Å². The molecule has 4 rings (SSSR count). The summed E-state index contributed by atoms with van der Waals surface area (Å²) >= 11 is 0. The summed E-state index contributed by atoms with van der Waals surface area (Å²) in [6.07, 6.45) is 1.04. The molecule has 2 heterocycles. The number of carbonyl (C=O) groups excluding carboxylic acids is 2. The smallest absolute Gasteiger partial charge is 0.246 e. The van der Waals surface area contributed by atoms with Crippen LogP contribution in [-0.2, 0) is 16.1 Å². The van der Waals surface area contributed by atoms with Crippen LogP contribution in [0.25, 0.3) is 0 Å². The molecule has 1 fully saturated rings. The normalized spacial score (nSPS) is 20.0. The summed E-state index contributed by atoms with van der Waals surface area (Å²) in [6, 6.07) is 13.9. The minimum atomic E-state index is -0.345. The molecule has 0 aromatic heterocycles. The first kappa shape index (κ1) is 14.9. The topological polar surface area (TPSA) is 40.6 Å². The highest BCUT2D eigenvalue weighted by atomic mass is 19.1. The van der Waals surface area contributed by atoms with E-state index in [2.05, 4.69) is 0 Å². The predicted molar refractivity (Wildman–Crippen MR) is 87.7 cm³/mol. The van der Waals surface area contributed by atoms with Crippen LogP contribution in [-0.4, -0.2) is 23.3 Å². The Labute approximate surface area is 139 Å². The third-order valence-electron chi connectivity index (χ3n) is 4.76. The van der Waals surface area contributed by atoms with E-state index in [4.69, 9.17) is 0 Å². The van der Waals surface area contributed by atoms with E-state index < -0.39 is 0 Å². The van der Waals surface area contributed by atoms with Gasteiger partial charge in [-0.2, -0.15) is 0 Å². The SMILES string of the molecule is O=C1CN2C(=O)CCC2c2cc(F)ccc2N1Cc1ccccc1. The molecule has 0 aliphatic carbocycles. The van der Waals surface area contributed by atoms with Gasteiger partial charge in [0.2, 0.25) is 11.8 Å². The largest absolute Gasteiger partial charge is 0.326 e. The number of anilines is 1. The summed E-state index contributed by atoms with van der Waals surface area (Å²) in [5.41, 5.74) is 2.42. The van der Waals surface area contributed by atoms with Crippen LogP contribution in [0, 0.1) is 5.82 Å². The van der Waals surface area contributed by atoms with Crippen LogP contribution in [0.5, 0.6) is 0 Å². The number of benzene rings is 2. The number of rotatable bonds is 2. The van der Waals surface area contributed by atoms with Crippen molar-refractivity contribution in [3.63, 3.8) is 0 Å². The van der Waals surface area contributed by atoms with Gasteiger partial charge >= 0.3 is 0 Å². The molecule has 24 heavy (non-hydrogen) atoms. The molecule has 2 aliphatic heterocycles. The number of hydrogen-bond acceptors (Lipinski definition) is 2. The Morgan fingerprint density at radius 2 is 1.83 bits per heavy atom.